The molecule has 0 amide bonds. The van der Waals surface area contributed by atoms with Crippen molar-refractivity contribution in [1.29, 1.82) is 5.26 Å². The van der Waals surface area contributed by atoms with Gasteiger partial charge >= 0.3 is 0 Å². The van der Waals surface area contributed by atoms with Gasteiger partial charge in [0.2, 0.25) is 5.78 Å². The van der Waals surface area contributed by atoms with Gasteiger partial charge in [0.15, 0.2) is 0 Å². The average Bonchev–Trinajstić information content (AvgIpc) is 2.52. The molecule has 0 aliphatic heterocycles. The number of rotatable bonds is 4. The fourth-order valence-corrected chi connectivity index (χ4v) is 1.93. The highest BCUT2D eigenvalue weighted by Gasteiger charge is 2.10. The summed E-state index contributed by atoms with van der Waals surface area (Å²) in [5.41, 5.74) is 2.69. The smallest absolute Gasteiger partial charge is 0.203 e. The minimum absolute atomic E-state index is 0.132. The van der Waals surface area contributed by atoms with Crippen LogP contribution < -0.4 is 0 Å². The van der Waals surface area contributed by atoms with Crippen LogP contribution in [0.15, 0.2) is 72.3 Å². The Morgan fingerprint density at radius 3 is 2.52 bits per heavy atom. The molecule has 0 bridgehead atoms. The van der Waals surface area contributed by atoms with Crippen molar-refractivity contribution < 1.29 is 4.79 Å². The summed E-state index contributed by atoms with van der Waals surface area (Å²) in [5, 5.41) is 9.15. The van der Waals surface area contributed by atoms with Crippen LogP contribution in [-0.4, -0.2) is 5.78 Å². The molecule has 0 radical (unpaired) electrons. The minimum Gasteiger partial charge on any atom is -0.288 e. The second kappa shape index (κ2) is 7.02. The van der Waals surface area contributed by atoms with E-state index in [1.54, 1.807) is 24.3 Å². The lowest BCUT2D eigenvalue weighted by atomic mass is 10.0. The number of ketones is 1. The molecule has 0 fully saturated rings. The summed E-state index contributed by atoms with van der Waals surface area (Å²) in [7, 11) is 0. The number of carbonyl (C=O) groups excluding carboxylic acids is 1. The Bertz CT molecular complexity index is 734. The van der Waals surface area contributed by atoms with Crippen molar-refractivity contribution in [3.05, 3.63) is 89.0 Å². The molecule has 2 aromatic rings. The van der Waals surface area contributed by atoms with Crippen molar-refractivity contribution in [2.24, 2.45) is 0 Å². The van der Waals surface area contributed by atoms with Crippen molar-refractivity contribution >= 4 is 11.9 Å². The van der Waals surface area contributed by atoms with Gasteiger partial charge < -0.3 is 0 Å². The number of nitrogens with zero attached hydrogens (tertiary/aromatic N) is 1. The predicted octanol–water partition coefficient (Wildman–Crippen LogP) is 4.34. The van der Waals surface area contributed by atoms with E-state index in [1.165, 1.54) is 0 Å². The highest BCUT2D eigenvalue weighted by Crippen LogP contribution is 2.11. The van der Waals surface area contributed by atoms with Crippen molar-refractivity contribution in [3.63, 3.8) is 0 Å². The van der Waals surface area contributed by atoms with Crippen LogP contribution in [0.3, 0.4) is 0 Å². The number of Topliss-reactive ketones (excluding diaryl/α,β-unsaturated/α-hetero) is 1. The first-order valence-corrected chi connectivity index (χ1v) is 6.65. The second-order valence-electron chi connectivity index (χ2n) is 4.66. The molecule has 0 unspecified atom stereocenters. The van der Waals surface area contributed by atoms with Gasteiger partial charge in [0.25, 0.3) is 0 Å². The van der Waals surface area contributed by atoms with Gasteiger partial charge in [0, 0.05) is 5.56 Å². The number of aryl methyl sites for hydroxylation is 1. The zero-order valence-electron chi connectivity index (χ0n) is 11.8. The van der Waals surface area contributed by atoms with Crippen molar-refractivity contribution in [2.75, 3.05) is 0 Å². The SMILES string of the molecule is Cc1cccc(C(=O)/C(C#N)=C/C=C/c2ccccc2)c1. The Hall–Kier alpha value is -2.92. The third-order valence-electron chi connectivity index (χ3n) is 3.00. The molecule has 0 saturated carbocycles. The van der Waals surface area contributed by atoms with E-state index in [0.29, 0.717) is 5.56 Å². The van der Waals surface area contributed by atoms with E-state index >= 15 is 0 Å². The number of allylic oxidation sites excluding steroid dienone is 3. The van der Waals surface area contributed by atoms with E-state index in [4.69, 9.17) is 5.26 Å². The van der Waals surface area contributed by atoms with Gasteiger partial charge in [-0.3, -0.25) is 4.79 Å². The second-order valence-corrected chi connectivity index (χ2v) is 4.66. The van der Waals surface area contributed by atoms with Crippen LogP contribution in [0.5, 0.6) is 0 Å². The van der Waals surface area contributed by atoms with Crippen LogP contribution in [0, 0.1) is 18.3 Å². The van der Waals surface area contributed by atoms with Gasteiger partial charge in [0.1, 0.15) is 6.07 Å². The lowest BCUT2D eigenvalue weighted by Gasteiger charge is -1.99. The topological polar surface area (TPSA) is 40.9 Å². The maximum absolute atomic E-state index is 12.2. The van der Waals surface area contributed by atoms with Gasteiger partial charge in [-0.15, -0.1) is 0 Å². The molecule has 0 aromatic heterocycles. The molecular weight excluding hydrogens is 258 g/mol. The molecule has 102 valence electrons. The Balaban J connectivity index is 2.20. The van der Waals surface area contributed by atoms with E-state index < -0.39 is 0 Å². The summed E-state index contributed by atoms with van der Waals surface area (Å²) in [4.78, 5) is 12.2. The molecule has 0 atom stereocenters. The van der Waals surface area contributed by atoms with Gasteiger partial charge in [0.05, 0.1) is 5.57 Å². The monoisotopic (exact) mass is 273 g/mol. The number of hydrogen-bond donors (Lipinski definition) is 0. The molecule has 0 heterocycles. The van der Waals surface area contributed by atoms with Crippen LogP contribution in [0.1, 0.15) is 21.5 Å². The van der Waals surface area contributed by atoms with Crippen molar-refractivity contribution in [1.82, 2.24) is 0 Å². The molecule has 2 nitrogen and oxygen atoms in total. The van der Waals surface area contributed by atoms with Crippen LogP contribution in [0.25, 0.3) is 6.08 Å². The predicted molar refractivity (Wildman–Crippen MR) is 84.7 cm³/mol. The van der Waals surface area contributed by atoms with Gasteiger partial charge in [-0.1, -0.05) is 66.2 Å². The summed E-state index contributed by atoms with van der Waals surface area (Å²) in [6.07, 6.45) is 5.14. The van der Waals surface area contributed by atoms with E-state index in [9.17, 15) is 4.79 Å². The first-order valence-electron chi connectivity index (χ1n) is 6.65. The van der Waals surface area contributed by atoms with Crippen LogP contribution in [-0.2, 0) is 0 Å². The normalized spacial score (nSPS) is 11.3. The van der Waals surface area contributed by atoms with Crippen molar-refractivity contribution in [3.8, 4) is 6.07 Å². The maximum Gasteiger partial charge on any atom is 0.203 e. The Kier molecular flexibility index (Phi) is 4.84. The Morgan fingerprint density at radius 2 is 1.86 bits per heavy atom. The first kappa shape index (κ1) is 14.5. The van der Waals surface area contributed by atoms with Crippen LogP contribution in [0.4, 0.5) is 0 Å². The fraction of sp³-hybridized carbons (Fsp3) is 0.0526. The van der Waals surface area contributed by atoms with Gasteiger partial charge in [-0.25, -0.2) is 0 Å². The summed E-state index contributed by atoms with van der Waals surface area (Å²) >= 11 is 0. The number of carbonyl (C=O) groups is 1. The highest BCUT2D eigenvalue weighted by atomic mass is 16.1. The first-order chi connectivity index (χ1) is 10.2. The number of nitriles is 1. The quantitative estimate of drug-likeness (QED) is 0.360. The molecular formula is C19H15NO. The average molecular weight is 273 g/mol. The largest absolute Gasteiger partial charge is 0.288 e. The van der Waals surface area contributed by atoms with Crippen molar-refractivity contribution in [2.45, 2.75) is 6.92 Å². The summed E-state index contributed by atoms with van der Waals surface area (Å²) in [6, 6.07) is 18.9. The van der Waals surface area contributed by atoms with E-state index in [0.717, 1.165) is 11.1 Å². The molecule has 0 spiro atoms. The van der Waals surface area contributed by atoms with Crippen LogP contribution in [0.2, 0.25) is 0 Å². The molecule has 2 rings (SSSR count). The molecule has 0 N–H and O–H groups in total. The summed E-state index contributed by atoms with van der Waals surface area (Å²) in [6.45, 7) is 1.92. The highest BCUT2D eigenvalue weighted by molar-refractivity contribution is 6.11. The third kappa shape index (κ3) is 4.02. The third-order valence-corrected chi connectivity index (χ3v) is 3.00. The zero-order chi connectivity index (χ0) is 15.1. The summed E-state index contributed by atoms with van der Waals surface area (Å²) < 4.78 is 0. The number of hydrogen-bond acceptors (Lipinski definition) is 2. The summed E-state index contributed by atoms with van der Waals surface area (Å²) in [5.74, 6) is -0.251. The Labute approximate surface area is 124 Å². The Morgan fingerprint density at radius 1 is 1.10 bits per heavy atom. The molecule has 0 saturated heterocycles. The van der Waals surface area contributed by atoms with E-state index in [-0.39, 0.29) is 11.4 Å². The minimum atomic E-state index is -0.251. The van der Waals surface area contributed by atoms with E-state index in [1.807, 2.05) is 61.5 Å². The molecule has 0 aliphatic carbocycles. The molecule has 2 heteroatoms. The molecule has 0 aliphatic rings. The zero-order valence-corrected chi connectivity index (χ0v) is 11.8. The fourth-order valence-electron chi connectivity index (χ4n) is 1.93. The lowest BCUT2D eigenvalue weighted by Crippen LogP contribution is -2.01. The number of benzene rings is 2. The van der Waals surface area contributed by atoms with Crippen LogP contribution >= 0.6 is 0 Å². The van der Waals surface area contributed by atoms with Gasteiger partial charge in [-0.05, 0) is 24.6 Å². The lowest BCUT2D eigenvalue weighted by molar-refractivity contribution is 0.103. The maximum atomic E-state index is 12.2. The van der Waals surface area contributed by atoms with Gasteiger partial charge in [-0.2, -0.15) is 5.26 Å². The van der Waals surface area contributed by atoms with E-state index in [2.05, 4.69) is 0 Å². The standard InChI is InChI=1S/C19H15NO/c1-15-7-5-11-17(13-15)19(21)18(14-20)12-6-10-16-8-3-2-4-9-16/h2-13H,1H3/b10-6+,18-12+. The molecule has 2 aromatic carbocycles. The molecule has 21 heavy (non-hydrogen) atoms.